The van der Waals surface area contributed by atoms with Crippen LogP contribution in [0.1, 0.15) is 16.1 Å². The standard InChI is InChI=1S/C12H11Cl2N3O2/c1-6-8(5-17(2)16-6)12(19)15-10-4-7(13)3-9(14)11(10)18/h3-5,18H,1-2H3,(H,15,19). The van der Waals surface area contributed by atoms with Crippen molar-refractivity contribution in [3.63, 3.8) is 0 Å². The summed E-state index contributed by atoms with van der Waals surface area (Å²) in [5, 5.41) is 16.8. The monoisotopic (exact) mass is 299 g/mol. The molecule has 7 heteroatoms. The van der Waals surface area contributed by atoms with Gasteiger partial charge in [0.05, 0.1) is 22.0 Å². The van der Waals surface area contributed by atoms with Crippen LogP contribution in [0.15, 0.2) is 18.3 Å². The number of nitrogens with one attached hydrogen (secondary N) is 1. The molecular weight excluding hydrogens is 289 g/mol. The summed E-state index contributed by atoms with van der Waals surface area (Å²) in [6.07, 6.45) is 1.59. The Morgan fingerprint density at radius 3 is 2.68 bits per heavy atom. The third-order valence-electron chi connectivity index (χ3n) is 2.53. The number of benzene rings is 1. The zero-order valence-corrected chi connectivity index (χ0v) is 11.7. The van der Waals surface area contributed by atoms with Crippen LogP contribution in [0.5, 0.6) is 5.75 Å². The van der Waals surface area contributed by atoms with Gasteiger partial charge in [-0.15, -0.1) is 0 Å². The molecule has 1 aromatic heterocycles. The average molecular weight is 300 g/mol. The molecule has 0 saturated heterocycles. The number of carbonyl (C=O) groups is 1. The molecule has 0 radical (unpaired) electrons. The number of anilines is 1. The number of phenolic OH excluding ortho intramolecular Hbond substituents is 1. The first kappa shape index (κ1) is 13.7. The predicted octanol–water partition coefficient (Wildman–Crippen LogP) is 2.99. The number of amides is 1. The van der Waals surface area contributed by atoms with Crippen molar-refractivity contribution in [3.8, 4) is 5.75 Å². The zero-order valence-electron chi connectivity index (χ0n) is 10.2. The first-order chi connectivity index (χ1) is 8.88. The lowest BCUT2D eigenvalue weighted by Crippen LogP contribution is -2.12. The summed E-state index contributed by atoms with van der Waals surface area (Å²) < 4.78 is 1.54. The maximum Gasteiger partial charge on any atom is 0.259 e. The van der Waals surface area contributed by atoms with E-state index in [4.69, 9.17) is 23.2 Å². The molecule has 0 bridgehead atoms. The van der Waals surface area contributed by atoms with Crippen molar-refractivity contribution >= 4 is 34.8 Å². The Hall–Kier alpha value is -1.72. The van der Waals surface area contributed by atoms with Crippen LogP contribution in [0.3, 0.4) is 0 Å². The molecule has 0 fully saturated rings. The molecule has 5 nitrogen and oxygen atoms in total. The molecule has 0 aliphatic rings. The Labute approximate surface area is 119 Å². The normalized spacial score (nSPS) is 10.5. The number of rotatable bonds is 2. The minimum atomic E-state index is -0.390. The predicted molar refractivity (Wildman–Crippen MR) is 74.0 cm³/mol. The molecule has 0 aliphatic carbocycles. The summed E-state index contributed by atoms with van der Waals surface area (Å²) in [5.41, 5.74) is 1.16. The van der Waals surface area contributed by atoms with Crippen LogP contribution >= 0.6 is 23.2 Å². The minimum absolute atomic E-state index is 0.0747. The molecule has 100 valence electrons. The van der Waals surface area contributed by atoms with E-state index in [1.807, 2.05) is 0 Å². The number of nitrogens with zero attached hydrogens (tertiary/aromatic N) is 2. The van der Waals surface area contributed by atoms with Gasteiger partial charge in [0.15, 0.2) is 5.75 Å². The maximum absolute atomic E-state index is 12.1. The van der Waals surface area contributed by atoms with Crippen molar-refractivity contribution in [3.05, 3.63) is 39.6 Å². The molecule has 2 N–H and O–H groups in total. The molecule has 19 heavy (non-hydrogen) atoms. The Kier molecular flexibility index (Phi) is 3.68. The quantitative estimate of drug-likeness (QED) is 0.838. The highest BCUT2D eigenvalue weighted by Crippen LogP contribution is 2.35. The molecule has 1 aromatic carbocycles. The Morgan fingerprint density at radius 2 is 2.11 bits per heavy atom. The maximum atomic E-state index is 12.1. The molecule has 1 heterocycles. The van der Waals surface area contributed by atoms with Gasteiger partial charge in [-0.1, -0.05) is 23.2 Å². The highest BCUT2D eigenvalue weighted by atomic mass is 35.5. The van der Waals surface area contributed by atoms with E-state index in [0.717, 1.165) is 0 Å². The molecule has 2 rings (SSSR count). The van der Waals surface area contributed by atoms with E-state index < -0.39 is 0 Å². The van der Waals surface area contributed by atoms with E-state index >= 15 is 0 Å². The third-order valence-corrected chi connectivity index (χ3v) is 3.04. The second-order valence-corrected chi connectivity index (χ2v) is 4.88. The van der Waals surface area contributed by atoms with Gasteiger partial charge < -0.3 is 10.4 Å². The Bertz CT molecular complexity index is 653. The summed E-state index contributed by atoms with van der Waals surface area (Å²) in [7, 11) is 1.72. The van der Waals surface area contributed by atoms with Crippen molar-refractivity contribution in [2.75, 3.05) is 5.32 Å². The Morgan fingerprint density at radius 1 is 1.42 bits per heavy atom. The van der Waals surface area contributed by atoms with Crippen LogP contribution in [0.4, 0.5) is 5.69 Å². The van der Waals surface area contributed by atoms with Gasteiger partial charge in [-0.2, -0.15) is 5.10 Å². The highest BCUT2D eigenvalue weighted by Gasteiger charge is 2.16. The number of aromatic nitrogens is 2. The molecule has 0 unspecified atom stereocenters. The van der Waals surface area contributed by atoms with Crippen LogP contribution in [0, 0.1) is 6.92 Å². The van der Waals surface area contributed by atoms with Gasteiger partial charge in [-0.25, -0.2) is 0 Å². The molecular formula is C12H11Cl2N3O2. The van der Waals surface area contributed by atoms with E-state index in [1.54, 1.807) is 20.2 Å². The largest absolute Gasteiger partial charge is 0.504 e. The molecule has 0 saturated carbocycles. The van der Waals surface area contributed by atoms with Gasteiger partial charge in [-0.3, -0.25) is 9.48 Å². The number of aryl methyl sites for hydroxylation is 2. The van der Waals surface area contributed by atoms with Gasteiger partial charge >= 0.3 is 0 Å². The third kappa shape index (κ3) is 2.83. The average Bonchev–Trinajstić information content (AvgIpc) is 2.64. The lowest BCUT2D eigenvalue weighted by atomic mass is 10.2. The number of halogens is 2. The van der Waals surface area contributed by atoms with Gasteiger partial charge in [-0.05, 0) is 19.1 Å². The molecule has 2 aromatic rings. The Balaban J connectivity index is 2.31. The highest BCUT2D eigenvalue weighted by molar-refractivity contribution is 6.36. The fourth-order valence-corrected chi connectivity index (χ4v) is 2.17. The van der Waals surface area contributed by atoms with E-state index in [1.165, 1.54) is 16.8 Å². The summed E-state index contributed by atoms with van der Waals surface area (Å²) >= 11 is 11.6. The van der Waals surface area contributed by atoms with Crippen LogP contribution in [0.25, 0.3) is 0 Å². The first-order valence-electron chi connectivity index (χ1n) is 5.38. The fraction of sp³-hybridized carbons (Fsp3) is 0.167. The van der Waals surface area contributed by atoms with Gasteiger partial charge in [0.1, 0.15) is 0 Å². The summed E-state index contributed by atoms with van der Waals surface area (Å²) in [6, 6.07) is 2.82. The van der Waals surface area contributed by atoms with Crippen molar-refractivity contribution in [1.29, 1.82) is 0 Å². The molecule has 0 aliphatic heterocycles. The second kappa shape index (κ2) is 5.11. The summed E-state index contributed by atoms with van der Waals surface area (Å²) in [4.78, 5) is 12.1. The molecule has 1 amide bonds. The van der Waals surface area contributed by atoms with Crippen molar-refractivity contribution in [2.24, 2.45) is 7.05 Å². The summed E-state index contributed by atoms with van der Waals surface area (Å²) in [5.74, 6) is -0.611. The number of hydrogen-bond acceptors (Lipinski definition) is 3. The lowest BCUT2D eigenvalue weighted by Gasteiger charge is -2.08. The zero-order chi connectivity index (χ0) is 14.2. The van der Waals surface area contributed by atoms with Crippen LogP contribution in [-0.2, 0) is 7.05 Å². The van der Waals surface area contributed by atoms with Crippen LogP contribution in [0.2, 0.25) is 10.0 Å². The fourth-order valence-electron chi connectivity index (χ4n) is 1.67. The van der Waals surface area contributed by atoms with Crippen molar-refractivity contribution in [1.82, 2.24) is 9.78 Å². The smallest absolute Gasteiger partial charge is 0.259 e. The number of aromatic hydroxyl groups is 1. The van der Waals surface area contributed by atoms with E-state index in [-0.39, 0.29) is 22.4 Å². The molecule has 0 atom stereocenters. The van der Waals surface area contributed by atoms with E-state index in [2.05, 4.69) is 10.4 Å². The topological polar surface area (TPSA) is 67.2 Å². The van der Waals surface area contributed by atoms with Crippen molar-refractivity contribution in [2.45, 2.75) is 6.92 Å². The van der Waals surface area contributed by atoms with Crippen molar-refractivity contribution < 1.29 is 9.90 Å². The first-order valence-corrected chi connectivity index (χ1v) is 6.13. The van der Waals surface area contributed by atoms with Crippen LogP contribution in [-0.4, -0.2) is 20.8 Å². The van der Waals surface area contributed by atoms with E-state index in [0.29, 0.717) is 16.3 Å². The van der Waals surface area contributed by atoms with E-state index in [9.17, 15) is 9.90 Å². The minimum Gasteiger partial charge on any atom is -0.504 e. The lowest BCUT2D eigenvalue weighted by molar-refractivity contribution is 0.102. The second-order valence-electron chi connectivity index (χ2n) is 4.04. The van der Waals surface area contributed by atoms with Crippen LogP contribution < -0.4 is 5.32 Å². The van der Waals surface area contributed by atoms with Gasteiger partial charge in [0.2, 0.25) is 0 Å². The summed E-state index contributed by atoms with van der Waals surface area (Å²) in [6.45, 7) is 1.72. The number of hydrogen-bond donors (Lipinski definition) is 2. The number of phenols is 1. The molecule has 0 spiro atoms. The van der Waals surface area contributed by atoms with Gasteiger partial charge in [0, 0.05) is 18.3 Å². The SMILES string of the molecule is Cc1nn(C)cc1C(=O)Nc1cc(Cl)cc(Cl)c1O. The number of carbonyl (C=O) groups excluding carboxylic acids is 1. The van der Waals surface area contributed by atoms with Gasteiger partial charge in [0.25, 0.3) is 5.91 Å².